The molecule has 0 atom stereocenters. The van der Waals surface area contributed by atoms with Gasteiger partial charge in [0.15, 0.2) is 5.82 Å². The Bertz CT molecular complexity index is 426. The standard InChI is InChI=1S/C16H24FN3O/c17-14-10-18-16(19-11-14)21-15-6-8-20(9-7-15)12-13-4-2-1-3-5-13/h10-11,13,15H,1-9,12H2. The molecule has 0 amide bonds. The first-order valence-corrected chi connectivity index (χ1v) is 8.16. The fourth-order valence-corrected chi connectivity index (χ4v) is 3.45. The molecule has 5 heteroatoms. The maximum Gasteiger partial charge on any atom is 0.316 e. The van der Waals surface area contributed by atoms with Gasteiger partial charge in [-0.25, -0.2) is 14.4 Å². The van der Waals surface area contributed by atoms with E-state index in [1.807, 2.05) is 0 Å². The Labute approximate surface area is 125 Å². The lowest BCUT2D eigenvalue weighted by Gasteiger charge is -2.35. The average molecular weight is 293 g/mol. The summed E-state index contributed by atoms with van der Waals surface area (Å²) in [6.45, 7) is 3.42. The first kappa shape index (κ1) is 14.7. The van der Waals surface area contributed by atoms with E-state index in [2.05, 4.69) is 14.9 Å². The molecule has 0 radical (unpaired) electrons. The van der Waals surface area contributed by atoms with Crippen LogP contribution in [0, 0.1) is 11.7 Å². The minimum absolute atomic E-state index is 0.165. The van der Waals surface area contributed by atoms with E-state index >= 15 is 0 Å². The van der Waals surface area contributed by atoms with Crippen molar-refractivity contribution in [2.45, 2.75) is 51.0 Å². The lowest BCUT2D eigenvalue weighted by atomic mass is 9.88. The molecule has 21 heavy (non-hydrogen) atoms. The lowest BCUT2D eigenvalue weighted by molar-refractivity contribution is 0.0798. The zero-order valence-corrected chi connectivity index (χ0v) is 12.5. The number of nitrogens with zero attached hydrogens (tertiary/aromatic N) is 3. The first-order valence-electron chi connectivity index (χ1n) is 8.16. The number of halogens is 1. The normalized spacial score (nSPS) is 22.3. The SMILES string of the molecule is Fc1cnc(OC2CCN(CC3CCCCC3)CC2)nc1. The molecule has 0 unspecified atom stereocenters. The molecule has 1 saturated heterocycles. The van der Waals surface area contributed by atoms with Crippen LogP contribution in [0.3, 0.4) is 0 Å². The van der Waals surface area contributed by atoms with Crippen molar-refractivity contribution in [1.82, 2.24) is 14.9 Å². The van der Waals surface area contributed by atoms with Crippen LogP contribution in [0.4, 0.5) is 4.39 Å². The minimum atomic E-state index is -0.426. The van der Waals surface area contributed by atoms with Crippen LogP contribution >= 0.6 is 0 Å². The summed E-state index contributed by atoms with van der Waals surface area (Å²) in [5.74, 6) is 0.473. The van der Waals surface area contributed by atoms with Crippen LogP contribution in [0.5, 0.6) is 6.01 Å². The predicted octanol–water partition coefficient (Wildman–Crippen LogP) is 3.04. The van der Waals surface area contributed by atoms with Crippen LogP contribution in [0.2, 0.25) is 0 Å². The summed E-state index contributed by atoms with van der Waals surface area (Å²) in [4.78, 5) is 10.3. The number of likely N-dealkylation sites (tertiary alicyclic amines) is 1. The molecular formula is C16H24FN3O. The second kappa shape index (κ2) is 7.16. The van der Waals surface area contributed by atoms with Gasteiger partial charge in [0.05, 0.1) is 12.4 Å². The number of hydrogen-bond acceptors (Lipinski definition) is 4. The molecule has 2 fully saturated rings. The molecule has 0 aromatic carbocycles. The lowest BCUT2D eigenvalue weighted by Crippen LogP contribution is -2.41. The highest BCUT2D eigenvalue weighted by atomic mass is 19.1. The number of rotatable bonds is 4. The van der Waals surface area contributed by atoms with E-state index in [-0.39, 0.29) is 6.10 Å². The molecule has 116 valence electrons. The Hall–Kier alpha value is -1.23. The third kappa shape index (κ3) is 4.37. The Morgan fingerprint density at radius 3 is 2.38 bits per heavy atom. The summed E-state index contributed by atoms with van der Waals surface area (Å²) in [5.41, 5.74) is 0. The molecule has 0 spiro atoms. The molecule has 4 nitrogen and oxygen atoms in total. The van der Waals surface area contributed by atoms with Crippen LogP contribution in [-0.4, -0.2) is 40.6 Å². The van der Waals surface area contributed by atoms with Gasteiger partial charge >= 0.3 is 6.01 Å². The highest BCUT2D eigenvalue weighted by Gasteiger charge is 2.24. The van der Waals surface area contributed by atoms with Crippen LogP contribution in [0.15, 0.2) is 12.4 Å². The van der Waals surface area contributed by atoms with Crippen molar-refractivity contribution < 1.29 is 9.13 Å². The molecule has 1 aliphatic heterocycles. The summed E-state index contributed by atoms with van der Waals surface area (Å²) in [6, 6.07) is 0.294. The summed E-state index contributed by atoms with van der Waals surface area (Å²) in [7, 11) is 0. The van der Waals surface area contributed by atoms with E-state index in [1.165, 1.54) is 38.6 Å². The largest absolute Gasteiger partial charge is 0.460 e. The number of hydrogen-bond donors (Lipinski definition) is 0. The average Bonchev–Trinajstić information content (AvgIpc) is 2.53. The van der Waals surface area contributed by atoms with E-state index < -0.39 is 5.82 Å². The zero-order valence-electron chi connectivity index (χ0n) is 12.5. The van der Waals surface area contributed by atoms with Crippen molar-refractivity contribution in [3.63, 3.8) is 0 Å². The van der Waals surface area contributed by atoms with Crippen LogP contribution in [0.1, 0.15) is 44.9 Å². The van der Waals surface area contributed by atoms with Crippen LogP contribution in [0.25, 0.3) is 0 Å². The molecular weight excluding hydrogens is 269 g/mol. The maximum atomic E-state index is 12.8. The van der Waals surface area contributed by atoms with E-state index in [4.69, 9.17) is 4.74 Å². The highest BCUT2D eigenvalue weighted by molar-refractivity contribution is 4.96. The summed E-state index contributed by atoms with van der Waals surface area (Å²) in [5, 5.41) is 0. The van der Waals surface area contributed by atoms with Gasteiger partial charge in [0.2, 0.25) is 0 Å². The molecule has 1 saturated carbocycles. The number of piperidine rings is 1. The smallest absolute Gasteiger partial charge is 0.316 e. The topological polar surface area (TPSA) is 38.2 Å². The van der Waals surface area contributed by atoms with Crippen LogP contribution in [-0.2, 0) is 0 Å². The summed E-state index contributed by atoms with van der Waals surface area (Å²) in [6.07, 6.45) is 11.5. The monoisotopic (exact) mass is 293 g/mol. The molecule has 0 bridgehead atoms. The Morgan fingerprint density at radius 2 is 1.71 bits per heavy atom. The minimum Gasteiger partial charge on any atom is -0.460 e. The second-order valence-electron chi connectivity index (χ2n) is 6.31. The van der Waals surface area contributed by atoms with Crippen LogP contribution < -0.4 is 4.74 Å². The third-order valence-electron chi connectivity index (χ3n) is 4.64. The molecule has 1 aromatic heterocycles. The second-order valence-corrected chi connectivity index (χ2v) is 6.31. The Balaban J connectivity index is 1.41. The molecule has 3 rings (SSSR count). The van der Waals surface area contributed by atoms with Gasteiger partial charge in [-0.3, -0.25) is 0 Å². The summed E-state index contributed by atoms with van der Waals surface area (Å²) < 4.78 is 18.5. The van der Waals surface area contributed by atoms with Gasteiger partial charge in [0, 0.05) is 19.6 Å². The third-order valence-corrected chi connectivity index (χ3v) is 4.64. The molecule has 1 aliphatic carbocycles. The van der Waals surface area contributed by atoms with E-state index in [9.17, 15) is 4.39 Å². The number of ether oxygens (including phenoxy) is 1. The van der Waals surface area contributed by atoms with Gasteiger partial charge in [0.25, 0.3) is 0 Å². The van der Waals surface area contributed by atoms with E-state index in [0.717, 1.165) is 44.2 Å². The van der Waals surface area contributed by atoms with Gasteiger partial charge in [-0.15, -0.1) is 0 Å². The van der Waals surface area contributed by atoms with Crippen molar-refractivity contribution >= 4 is 0 Å². The van der Waals surface area contributed by atoms with Crippen molar-refractivity contribution in [3.8, 4) is 6.01 Å². The first-order chi connectivity index (χ1) is 10.3. The van der Waals surface area contributed by atoms with Gasteiger partial charge in [-0.2, -0.15) is 0 Å². The molecule has 2 aliphatic rings. The molecule has 0 N–H and O–H groups in total. The Kier molecular flexibility index (Phi) is 5.01. The van der Waals surface area contributed by atoms with Gasteiger partial charge in [0.1, 0.15) is 6.10 Å². The zero-order chi connectivity index (χ0) is 14.5. The molecule has 1 aromatic rings. The van der Waals surface area contributed by atoms with Crippen molar-refractivity contribution in [2.75, 3.05) is 19.6 Å². The van der Waals surface area contributed by atoms with Gasteiger partial charge in [-0.05, 0) is 31.6 Å². The van der Waals surface area contributed by atoms with Gasteiger partial charge < -0.3 is 9.64 Å². The summed E-state index contributed by atoms with van der Waals surface area (Å²) >= 11 is 0. The quantitative estimate of drug-likeness (QED) is 0.855. The van der Waals surface area contributed by atoms with Gasteiger partial charge in [-0.1, -0.05) is 19.3 Å². The fraction of sp³-hybridized carbons (Fsp3) is 0.750. The number of aromatic nitrogens is 2. The van der Waals surface area contributed by atoms with Crippen molar-refractivity contribution in [3.05, 3.63) is 18.2 Å². The maximum absolute atomic E-state index is 12.8. The van der Waals surface area contributed by atoms with Crippen molar-refractivity contribution in [1.29, 1.82) is 0 Å². The molecule has 2 heterocycles. The van der Waals surface area contributed by atoms with E-state index in [1.54, 1.807) is 0 Å². The Morgan fingerprint density at radius 1 is 1.05 bits per heavy atom. The highest BCUT2D eigenvalue weighted by Crippen LogP contribution is 2.26. The predicted molar refractivity (Wildman–Crippen MR) is 78.7 cm³/mol. The fourth-order valence-electron chi connectivity index (χ4n) is 3.45. The van der Waals surface area contributed by atoms with Crippen molar-refractivity contribution in [2.24, 2.45) is 5.92 Å². The van der Waals surface area contributed by atoms with E-state index in [0.29, 0.717) is 6.01 Å².